The van der Waals surface area contributed by atoms with Crippen molar-refractivity contribution in [1.29, 1.82) is 0 Å². The Kier molecular flexibility index (Phi) is 5.55. The van der Waals surface area contributed by atoms with Crippen LogP contribution in [0.25, 0.3) is 0 Å². The zero-order valence-corrected chi connectivity index (χ0v) is 14.1. The molecular weight excluding hydrogens is 288 g/mol. The fourth-order valence-corrected chi connectivity index (χ4v) is 3.99. The molecule has 0 bridgehead atoms. The van der Waals surface area contributed by atoms with Crippen molar-refractivity contribution in [1.82, 2.24) is 9.80 Å². The van der Waals surface area contributed by atoms with Gasteiger partial charge in [0, 0.05) is 19.1 Å². The third-order valence-electron chi connectivity index (χ3n) is 5.30. The topological polar surface area (TPSA) is 32.8 Å². The molecule has 23 heavy (non-hydrogen) atoms. The fraction of sp³-hybridized carbons (Fsp3) is 0.632. The summed E-state index contributed by atoms with van der Waals surface area (Å²) in [4.78, 5) is 17.1. The molecule has 2 atom stereocenters. The Balaban J connectivity index is 1.58. The Morgan fingerprint density at radius 3 is 2.57 bits per heavy atom. The van der Waals surface area contributed by atoms with Gasteiger partial charge in [-0.2, -0.15) is 0 Å². The molecule has 4 heteroatoms. The van der Waals surface area contributed by atoms with Crippen LogP contribution in [0.15, 0.2) is 30.3 Å². The van der Waals surface area contributed by atoms with Crippen molar-refractivity contribution in [2.75, 3.05) is 26.7 Å². The molecule has 1 aliphatic heterocycles. The van der Waals surface area contributed by atoms with Crippen LogP contribution in [0.5, 0.6) is 5.75 Å². The molecule has 1 heterocycles. The van der Waals surface area contributed by atoms with Crippen molar-refractivity contribution in [3.05, 3.63) is 30.3 Å². The highest BCUT2D eigenvalue weighted by Gasteiger charge is 2.35. The molecule has 0 radical (unpaired) electrons. The van der Waals surface area contributed by atoms with E-state index in [0.717, 1.165) is 12.2 Å². The lowest BCUT2D eigenvalue weighted by molar-refractivity contribution is -0.136. The second kappa shape index (κ2) is 7.82. The summed E-state index contributed by atoms with van der Waals surface area (Å²) in [5.41, 5.74) is 0. The van der Waals surface area contributed by atoms with Crippen molar-refractivity contribution >= 4 is 5.91 Å². The molecular formula is C19H28N2O2. The normalized spacial score (nSPS) is 25.3. The standard InChI is InChI=1S/C19H28N2O2/c1-20(19(22)15-23-16-9-3-2-4-10-16)17-11-5-6-12-18(17)21-13-7-8-14-21/h2-4,9-10,17-18H,5-8,11-15H2,1H3/t17?,18-/m0/s1. The van der Waals surface area contributed by atoms with Crippen molar-refractivity contribution < 1.29 is 9.53 Å². The Hall–Kier alpha value is -1.55. The molecule has 1 saturated heterocycles. The number of likely N-dealkylation sites (N-methyl/N-ethyl adjacent to an activating group) is 1. The smallest absolute Gasteiger partial charge is 0.260 e. The van der Waals surface area contributed by atoms with Crippen LogP contribution in [0.2, 0.25) is 0 Å². The summed E-state index contributed by atoms with van der Waals surface area (Å²) in [6, 6.07) is 10.5. The van der Waals surface area contributed by atoms with E-state index in [1.54, 1.807) is 0 Å². The van der Waals surface area contributed by atoms with Crippen LogP contribution in [0, 0.1) is 0 Å². The number of ether oxygens (including phenoxy) is 1. The molecule has 0 spiro atoms. The van der Waals surface area contributed by atoms with E-state index in [4.69, 9.17) is 4.74 Å². The van der Waals surface area contributed by atoms with Gasteiger partial charge in [-0.3, -0.25) is 9.69 Å². The van der Waals surface area contributed by atoms with E-state index >= 15 is 0 Å². The predicted octanol–water partition coefficient (Wildman–Crippen LogP) is 2.93. The predicted molar refractivity (Wildman–Crippen MR) is 91.6 cm³/mol. The van der Waals surface area contributed by atoms with Crippen LogP contribution in [0.3, 0.4) is 0 Å². The number of hydrogen-bond acceptors (Lipinski definition) is 3. The molecule has 2 fully saturated rings. The van der Waals surface area contributed by atoms with Crippen LogP contribution >= 0.6 is 0 Å². The van der Waals surface area contributed by atoms with Crippen LogP contribution in [-0.2, 0) is 4.79 Å². The number of amides is 1. The lowest BCUT2D eigenvalue weighted by Gasteiger charge is -2.42. The summed E-state index contributed by atoms with van der Waals surface area (Å²) in [6.07, 6.45) is 7.47. The highest BCUT2D eigenvalue weighted by Crippen LogP contribution is 2.29. The number of carbonyl (C=O) groups excluding carboxylic acids is 1. The second-order valence-corrected chi connectivity index (χ2v) is 6.77. The number of rotatable bonds is 5. The van der Waals surface area contributed by atoms with Gasteiger partial charge in [0.2, 0.25) is 0 Å². The number of carbonyl (C=O) groups is 1. The third kappa shape index (κ3) is 4.05. The molecule has 1 saturated carbocycles. The van der Waals surface area contributed by atoms with Gasteiger partial charge in [0.25, 0.3) is 5.91 Å². The minimum atomic E-state index is 0.0879. The van der Waals surface area contributed by atoms with Gasteiger partial charge in [-0.05, 0) is 50.9 Å². The van der Waals surface area contributed by atoms with Gasteiger partial charge >= 0.3 is 0 Å². The van der Waals surface area contributed by atoms with Crippen molar-refractivity contribution in [2.45, 2.75) is 50.6 Å². The van der Waals surface area contributed by atoms with Crippen molar-refractivity contribution in [3.63, 3.8) is 0 Å². The van der Waals surface area contributed by atoms with Gasteiger partial charge < -0.3 is 9.64 Å². The monoisotopic (exact) mass is 316 g/mol. The molecule has 0 N–H and O–H groups in total. The summed E-state index contributed by atoms with van der Waals surface area (Å²) in [5, 5.41) is 0. The molecule has 2 aliphatic rings. The summed E-state index contributed by atoms with van der Waals surface area (Å²) >= 11 is 0. The third-order valence-corrected chi connectivity index (χ3v) is 5.30. The largest absolute Gasteiger partial charge is 0.484 e. The Morgan fingerprint density at radius 2 is 1.83 bits per heavy atom. The Labute approximate surface area is 139 Å². The first kappa shape index (κ1) is 16.3. The number of nitrogens with zero attached hydrogens (tertiary/aromatic N) is 2. The molecule has 3 rings (SSSR count). The summed E-state index contributed by atoms with van der Waals surface area (Å²) in [7, 11) is 1.95. The maximum atomic E-state index is 12.6. The molecule has 4 nitrogen and oxygen atoms in total. The van der Waals surface area contributed by atoms with E-state index in [9.17, 15) is 4.79 Å². The maximum absolute atomic E-state index is 12.6. The summed E-state index contributed by atoms with van der Waals surface area (Å²) < 4.78 is 5.64. The SMILES string of the molecule is CN(C(=O)COc1ccccc1)C1CCCC[C@@H]1N1CCCC1. The average molecular weight is 316 g/mol. The first-order valence-corrected chi connectivity index (χ1v) is 8.93. The molecule has 1 aliphatic carbocycles. The number of likely N-dealkylation sites (tertiary alicyclic amines) is 1. The van der Waals surface area contributed by atoms with Crippen molar-refractivity contribution in [2.24, 2.45) is 0 Å². The van der Waals surface area contributed by atoms with Gasteiger partial charge in [0.1, 0.15) is 5.75 Å². The van der Waals surface area contributed by atoms with Crippen LogP contribution < -0.4 is 4.74 Å². The molecule has 1 aromatic carbocycles. The lowest BCUT2D eigenvalue weighted by atomic mass is 9.88. The van der Waals surface area contributed by atoms with E-state index < -0.39 is 0 Å². The fourth-order valence-electron chi connectivity index (χ4n) is 3.99. The Morgan fingerprint density at radius 1 is 1.13 bits per heavy atom. The lowest BCUT2D eigenvalue weighted by Crippen LogP contribution is -2.53. The zero-order valence-electron chi connectivity index (χ0n) is 14.1. The van der Waals surface area contributed by atoms with Crippen LogP contribution in [0.1, 0.15) is 38.5 Å². The summed E-state index contributed by atoms with van der Waals surface area (Å²) in [6.45, 7) is 2.52. The Bertz CT molecular complexity index is 499. The van der Waals surface area contributed by atoms with Crippen LogP contribution in [0.4, 0.5) is 0 Å². The van der Waals surface area contributed by atoms with Crippen molar-refractivity contribution in [3.8, 4) is 5.75 Å². The van der Waals surface area contributed by atoms with Gasteiger partial charge in [0.05, 0.1) is 0 Å². The van der Waals surface area contributed by atoms with E-state index in [1.165, 1.54) is 45.2 Å². The van der Waals surface area contributed by atoms with E-state index in [0.29, 0.717) is 12.1 Å². The van der Waals surface area contributed by atoms with E-state index in [1.807, 2.05) is 42.3 Å². The minimum absolute atomic E-state index is 0.0879. The molecule has 1 aromatic rings. The second-order valence-electron chi connectivity index (χ2n) is 6.77. The van der Waals surface area contributed by atoms with Gasteiger partial charge in [-0.15, -0.1) is 0 Å². The number of para-hydroxylation sites is 1. The highest BCUT2D eigenvalue weighted by molar-refractivity contribution is 5.78. The van der Waals surface area contributed by atoms with Gasteiger partial charge in [0.15, 0.2) is 6.61 Å². The molecule has 126 valence electrons. The number of hydrogen-bond donors (Lipinski definition) is 0. The highest BCUT2D eigenvalue weighted by atomic mass is 16.5. The van der Waals surface area contributed by atoms with E-state index in [-0.39, 0.29) is 12.5 Å². The molecule has 1 unspecified atom stereocenters. The maximum Gasteiger partial charge on any atom is 0.260 e. The van der Waals surface area contributed by atoms with Gasteiger partial charge in [-0.25, -0.2) is 0 Å². The average Bonchev–Trinajstić information content (AvgIpc) is 3.14. The summed E-state index contributed by atoms with van der Waals surface area (Å²) in [5.74, 6) is 0.846. The van der Waals surface area contributed by atoms with E-state index in [2.05, 4.69) is 4.90 Å². The van der Waals surface area contributed by atoms with Gasteiger partial charge in [-0.1, -0.05) is 31.0 Å². The number of benzene rings is 1. The molecule has 0 aromatic heterocycles. The first-order valence-electron chi connectivity index (χ1n) is 8.93. The van der Waals surface area contributed by atoms with Crippen LogP contribution in [-0.4, -0.2) is 54.5 Å². The quantitative estimate of drug-likeness (QED) is 0.837. The minimum Gasteiger partial charge on any atom is -0.484 e. The molecule has 1 amide bonds. The zero-order chi connectivity index (χ0) is 16.1. The first-order chi connectivity index (χ1) is 11.3.